The number of pyridine rings is 1. The summed E-state index contributed by atoms with van der Waals surface area (Å²) in [7, 11) is 0. The molecule has 0 aliphatic carbocycles. The number of likely N-dealkylation sites (tertiary alicyclic amines) is 1. The summed E-state index contributed by atoms with van der Waals surface area (Å²) in [6, 6.07) is 10.2. The maximum atomic E-state index is 9.54. The molecular formula is C29H34N8O2. The van der Waals surface area contributed by atoms with Gasteiger partial charge in [-0.25, -0.2) is 9.97 Å². The Morgan fingerprint density at radius 1 is 1.15 bits per heavy atom. The van der Waals surface area contributed by atoms with Crippen LogP contribution in [-0.4, -0.2) is 96.6 Å². The Kier molecular flexibility index (Phi) is 6.32. The van der Waals surface area contributed by atoms with Crippen molar-refractivity contribution >= 4 is 22.5 Å². The second-order valence-electron chi connectivity index (χ2n) is 11.3. The number of anilines is 2. The van der Waals surface area contributed by atoms with Crippen LogP contribution in [0, 0.1) is 11.3 Å². The van der Waals surface area contributed by atoms with Gasteiger partial charge in [-0.15, -0.1) is 0 Å². The van der Waals surface area contributed by atoms with Gasteiger partial charge in [-0.3, -0.25) is 9.88 Å². The zero-order valence-corrected chi connectivity index (χ0v) is 22.3. The van der Waals surface area contributed by atoms with Crippen molar-refractivity contribution in [1.82, 2.24) is 25.2 Å². The van der Waals surface area contributed by atoms with Gasteiger partial charge in [-0.1, -0.05) is 0 Å². The van der Waals surface area contributed by atoms with E-state index in [1.54, 1.807) is 6.20 Å². The first-order valence-corrected chi connectivity index (χ1v) is 13.9. The molecular weight excluding hydrogens is 492 g/mol. The highest BCUT2D eigenvalue weighted by molar-refractivity contribution is 5.95. The number of benzene rings is 1. The average molecular weight is 527 g/mol. The summed E-state index contributed by atoms with van der Waals surface area (Å²) in [5, 5.41) is 13.9. The normalized spacial score (nSPS) is 24.8. The molecule has 10 heteroatoms. The highest BCUT2D eigenvalue weighted by Gasteiger charge is 2.48. The molecule has 0 bridgehead atoms. The fourth-order valence-electron chi connectivity index (χ4n) is 6.64. The number of fused-ring (bicyclic) bond motifs is 2. The lowest BCUT2D eigenvalue weighted by Crippen LogP contribution is -2.71. The van der Waals surface area contributed by atoms with Crippen LogP contribution in [0.25, 0.3) is 10.9 Å². The van der Waals surface area contributed by atoms with Crippen molar-refractivity contribution in [2.24, 2.45) is 0 Å². The predicted molar refractivity (Wildman–Crippen MR) is 148 cm³/mol. The lowest BCUT2D eigenvalue weighted by atomic mass is 9.91. The van der Waals surface area contributed by atoms with E-state index in [1.165, 1.54) is 11.3 Å². The highest BCUT2D eigenvalue weighted by atomic mass is 16.5. The Morgan fingerprint density at radius 3 is 2.97 bits per heavy atom. The number of ether oxygens (including phenoxy) is 2. The predicted octanol–water partition coefficient (Wildman–Crippen LogP) is 1.73. The standard InChI is InChI=1S/C29H34N8O2/c1-20-14-37(26-5-4-21(11-30)27-24(26)3-2-7-32-27)16-23(39-20)15-35-17-29(18-35)19-36(9-10-38-29)28-33-13-22-12-31-8-6-25(22)34-28/h2-5,7,13,20,23,31H,6,8-10,12,14-19H2,1H3. The van der Waals surface area contributed by atoms with Gasteiger partial charge in [0.15, 0.2) is 0 Å². The number of hydrogen-bond acceptors (Lipinski definition) is 10. The van der Waals surface area contributed by atoms with E-state index in [2.05, 4.69) is 55.1 Å². The number of morpholine rings is 2. The van der Waals surface area contributed by atoms with Crippen molar-refractivity contribution in [1.29, 1.82) is 5.26 Å². The van der Waals surface area contributed by atoms with Gasteiger partial charge in [0.1, 0.15) is 11.7 Å². The zero-order chi connectivity index (χ0) is 26.4. The molecule has 0 amide bonds. The Morgan fingerprint density at radius 2 is 2.08 bits per heavy atom. The van der Waals surface area contributed by atoms with Gasteiger partial charge in [0, 0.05) is 87.8 Å². The molecule has 6 heterocycles. The van der Waals surface area contributed by atoms with Crippen LogP contribution < -0.4 is 15.1 Å². The Labute approximate surface area is 228 Å². The van der Waals surface area contributed by atoms with E-state index < -0.39 is 0 Å². The van der Waals surface area contributed by atoms with Crippen molar-refractivity contribution in [3.05, 3.63) is 53.5 Å². The molecule has 10 nitrogen and oxygen atoms in total. The summed E-state index contributed by atoms with van der Waals surface area (Å²) >= 11 is 0. The van der Waals surface area contributed by atoms with Crippen molar-refractivity contribution in [3.63, 3.8) is 0 Å². The van der Waals surface area contributed by atoms with Crippen LogP contribution in [-0.2, 0) is 22.4 Å². The molecule has 2 atom stereocenters. The highest BCUT2D eigenvalue weighted by Crippen LogP contribution is 2.33. The number of rotatable bonds is 4. The molecule has 0 radical (unpaired) electrons. The van der Waals surface area contributed by atoms with Gasteiger partial charge in [0.05, 0.1) is 42.1 Å². The molecule has 3 fully saturated rings. The minimum atomic E-state index is -0.173. The van der Waals surface area contributed by atoms with Gasteiger partial charge >= 0.3 is 0 Å². The lowest BCUT2D eigenvalue weighted by molar-refractivity contribution is -0.161. The zero-order valence-electron chi connectivity index (χ0n) is 22.3. The molecule has 1 spiro atoms. The van der Waals surface area contributed by atoms with Crippen LogP contribution in [0.15, 0.2) is 36.7 Å². The third-order valence-corrected chi connectivity index (χ3v) is 8.35. The van der Waals surface area contributed by atoms with Crippen LogP contribution in [0.2, 0.25) is 0 Å². The molecule has 1 aromatic carbocycles. The van der Waals surface area contributed by atoms with E-state index in [-0.39, 0.29) is 17.8 Å². The molecule has 4 aliphatic heterocycles. The molecule has 4 aliphatic rings. The largest absolute Gasteiger partial charge is 0.370 e. The number of nitrogens with zero attached hydrogens (tertiary/aromatic N) is 7. The van der Waals surface area contributed by atoms with Crippen LogP contribution in [0.4, 0.5) is 11.6 Å². The average Bonchev–Trinajstić information content (AvgIpc) is 2.95. The van der Waals surface area contributed by atoms with E-state index in [9.17, 15) is 5.26 Å². The first-order valence-electron chi connectivity index (χ1n) is 13.9. The third kappa shape index (κ3) is 4.70. The summed E-state index contributed by atoms with van der Waals surface area (Å²) in [5.41, 5.74) is 4.70. The topological polar surface area (TPSA) is 103 Å². The number of aromatic nitrogens is 3. The van der Waals surface area contributed by atoms with Gasteiger partial charge in [0.2, 0.25) is 5.95 Å². The van der Waals surface area contributed by atoms with Crippen LogP contribution in [0.3, 0.4) is 0 Å². The van der Waals surface area contributed by atoms with Crippen molar-refractivity contribution < 1.29 is 9.47 Å². The van der Waals surface area contributed by atoms with Crippen molar-refractivity contribution in [3.8, 4) is 6.07 Å². The van der Waals surface area contributed by atoms with Crippen molar-refractivity contribution in [2.75, 3.05) is 68.8 Å². The Balaban J connectivity index is 1.01. The van der Waals surface area contributed by atoms with E-state index in [0.29, 0.717) is 12.2 Å². The van der Waals surface area contributed by atoms with Gasteiger partial charge in [-0.05, 0) is 31.2 Å². The molecule has 3 aromatic rings. The molecule has 202 valence electrons. The third-order valence-electron chi connectivity index (χ3n) is 8.35. The van der Waals surface area contributed by atoms with E-state index in [4.69, 9.17) is 14.5 Å². The number of nitriles is 1. The molecule has 3 saturated heterocycles. The SMILES string of the molecule is CC1CN(c2ccc(C#N)c3ncccc23)CC(CN2CC3(C2)CN(c2ncc4c(n2)CCNC4)CCO3)O1. The summed E-state index contributed by atoms with van der Waals surface area (Å²) in [6.07, 6.45) is 4.89. The molecule has 0 saturated carbocycles. The lowest BCUT2D eigenvalue weighted by Gasteiger charge is -2.55. The van der Waals surface area contributed by atoms with Crippen LogP contribution in [0.1, 0.15) is 23.7 Å². The van der Waals surface area contributed by atoms with Gasteiger partial charge in [0.25, 0.3) is 0 Å². The smallest absolute Gasteiger partial charge is 0.225 e. The maximum Gasteiger partial charge on any atom is 0.225 e. The van der Waals surface area contributed by atoms with Gasteiger partial charge < -0.3 is 24.6 Å². The fourth-order valence-corrected chi connectivity index (χ4v) is 6.64. The van der Waals surface area contributed by atoms with E-state index in [0.717, 1.165) is 87.9 Å². The van der Waals surface area contributed by atoms with E-state index >= 15 is 0 Å². The van der Waals surface area contributed by atoms with Crippen molar-refractivity contribution in [2.45, 2.75) is 37.7 Å². The molecule has 39 heavy (non-hydrogen) atoms. The summed E-state index contributed by atoms with van der Waals surface area (Å²) in [6.45, 7) is 10.5. The first-order chi connectivity index (χ1) is 19.1. The summed E-state index contributed by atoms with van der Waals surface area (Å²) in [5.74, 6) is 0.834. The van der Waals surface area contributed by atoms with Crippen LogP contribution in [0.5, 0.6) is 0 Å². The molecule has 1 N–H and O–H groups in total. The fraction of sp³-hybridized carbons (Fsp3) is 0.517. The van der Waals surface area contributed by atoms with Gasteiger partial charge in [-0.2, -0.15) is 5.26 Å². The second kappa shape index (κ2) is 9.99. The number of hydrogen-bond donors (Lipinski definition) is 1. The number of nitrogens with one attached hydrogen (secondary N) is 1. The molecule has 2 unspecified atom stereocenters. The quantitative estimate of drug-likeness (QED) is 0.541. The molecule has 2 aromatic heterocycles. The minimum Gasteiger partial charge on any atom is -0.370 e. The Bertz CT molecular complexity index is 1420. The van der Waals surface area contributed by atoms with Crippen LogP contribution >= 0.6 is 0 Å². The van der Waals surface area contributed by atoms with E-state index in [1.807, 2.05) is 18.3 Å². The summed E-state index contributed by atoms with van der Waals surface area (Å²) < 4.78 is 12.7. The Hall–Kier alpha value is -3.36. The summed E-state index contributed by atoms with van der Waals surface area (Å²) in [4.78, 5) is 21.2. The second-order valence-corrected chi connectivity index (χ2v) is 11.3. The minimum absolute atomic E-state index is 0.0887. The molecule has 7 rings (SSSR count). The first kappa shape index (κ1) is 24.7. The maximum absolute atomic E-state index is 9.54. The monoisotopic (exact) mass is 526 g/mol.